The number of rotatable bonds is 5. The molecule has 5 nitrogen and oxygen atoms in total. The van der Waals surface area contributed by atoms with Gasteiger partial charge in [0.2, 0.25) is 0 Å². The Labute approximate surface area is 126 Å². The Balaban J connectivity index is 2.16. The van der Waals surface area contributed by atoms with Crippen LogP contribution in [0.2, 0.25) is 0 Å². The molecule has 0 unspecified atom stereocenters. The molecular weight excluding hydrogens is 268 g/mol. The Kier molecular flexibility index (Phi) is 5.44. The summed E-state index contributed by atoms with van der Waals surface area (Å²) < 4.78 is 5.43. The van der Waals surface area contributed by atoms with Crippen molar-refractivity contribution in [1.29, 1.82) is 0 Å². The highest BCUT2D eigenvalue weighted by Crippen LogP contribution is 2.31. The lowest BCUT2D eigenvalue weighted by molar-refractivity contribution is 0.0759. The van der Waals surface area contributed by atoms with Gasteiger partial charge in [0, 0.05) is 12.6 Å². The number of carbonyl (C=O) groups excluding carboxylic acids is 1. The van der Waals surface area contributed by atoms with E-state index >= 15 is 0 Å². The Hall–Kier alpha value is -1.75. The molecule has 2 amide bonds. The number of benzene rings is 1. The smallest absolute Gasteiger partial charge is 0.341 e. The summed E-state index contributed by atoms with van der Waals surface area (Å²) in [7, 11) is 3.17. The number of fused-ring (bicyclic) bond motifs is 1. The molecule has 0 radical (unpaired) electrons. The zero-order valence-electron chi connectivity index (χ0n) is 13.0. The van der Waals surface area contributed by atoms with Crippen LogP contribution in [-0.4, -0.2) is 37.7 Å². The van der Waals surface area contributed by atoms with E-state index < -0.39 is 0 Å². The van der Waals surface area contributed by atoms with Gasteiger partial charge < -0.3 is 9.64 Å². The van der Waals surface area contributed by atoms with Crippen LogP contribution in [-0.2, 0) is 17.7 Å². The molecule has 0 aromatic heterocycles. The number of carbonyl (C=O) groups is 1. The van der Waals surface area contributed by atoms with Crippen LogP contribution in [0, 0.1) is 0 Å². The molecule has 0 bridgehead atoms. The third-order valence-corrected chi connectivity index (χ3v) is 3.99. The van der Waals surface area contributed by atoms with Crippen molar-refractivity contribution in [2.24, 2.45) is 0 Å². The number of hydroxylamine groups is 1. The van der Waals surface area contributed by atoms with E-state index in [1.54, 1.807) is 7.11 Å². The SMILES string of the molecule is CCCN(C(=O)NOC)[C@@H]1CCc2c(cccc2OC)C1. The van der Waals surface area contributed by atoms with Crippen molar-refractivity contribution in [3.63, 3.8) is 0 Å². The highest BCUT2D eigenvalue weighted by atomic mass is 16.6. The van der Waals surface area contributed by atoms with E-state index in [1.807, 2.05) is 17.0 Å². The molecule has 2 rings (SSSR count). The second-order valence-electron chi connectivity index (χ2n) is 5.30. The van der Waals surface area contributed by atoms with Crippen molar-refractivity contribution < 1.29 is 14.4 Å². The van der Waals surface area contributed by atoms with Gasteiger partial charge in [0.05, 0.1) is 14.2 Å². The van der Waals surface area contributed by atoms with Gasteiger partial charge in [-0.1, -0.05) is 19.1 Å². The molecule has 21 heavy (non-hydrogen) atoms. The van der Waals surface area contributed by atoms with Gasteiger partial charge in [0.1, 0.15) is 5.75 Å². The molecule has 1 aliphatic rings. The summed E-state index contributed by atoms with van der Waals surface area (Å²) in [5.41, 5.74) is 4.99. The largest absolute Gasteiger partial charge is 0.496 e. The summed E-state index contributed by atoms with van der Waals surface area (Å²) in [6, 6.07) is 6.19. The second-order valence-corrected chi connectivity index (χ2v) is 5.30. The highest BCUT2D eigenvalue weighted by Gasteiger charge is 2.28. The maximum absolute atomic E-state index is 12.1. The number of amides is 2. The fraction of sp³-hybridized carbons (Fsp3) is 0.562. The molecule has 0 saturated carbocycles. The van der Waals surface area contributed by atoms with E-state index in [1.165, 1.54) is 18.2 Å². The predicted molar refractivity (Wildman–Crippen MR) is 81.3 cm³/mol. The van der Waals surface area contributed by atoms with Gasteiger partial charge in [0.15, 0.2) is 0 Å². The van der Waals surface area contributed by atoms with Crippen LogP contribution in [0.1, 0.15) is 30.9 Å². The number of hydrogen-bond donors (Lipinski definition) is 1. The molecule has 1 aromatic carbocycles. The molecule has 0 heterocycles. The minimum atomic E-state index is -0.157. The summed E-state index contributed by atoms with van der Waals surface area (Å²) in [6.45, 7) is 2.81. The summed E-state index contributed by atoms with van der Waals surface area (Å²) in [6.07, 6.45) is 3.68. The lowest BCUT2D eigenvalue weighted by Crippen LogP contribution is -2.48. The molecule has 0 fully saturated rings. The van der Waals surface area contributed by atoms with E-state index in [4.69, 9.17) is 9.57 Å². The number of nitrogens with zero attached hydrogens (tertiary/aromatic N) is 1. The first-order valence-electron chi connectivity index (χ1n) is 7.45. The molecule has 1 N–H and O–H groups in total. The first-order chi connectivity index (χ1) is 10.2. The summed E-state index contributed by atoms with van der Waals surface area (Å²) in [5.74, 6) is 0.953. The second kappa shape index (κ2) is 7.31. The standard InChI is InChI=1S/C16H24N2O3/c1-4-10-18(16(19)17-21-3)13-8-9-14-12(11-13)6-5-7-15(14)20-2/h5-7,13H,4,8-11H2,1-3H3,(H,17,19)/t13-/m1/s1. The number of urea groups is 1. The lowest BCUT2D eigenvalue weighted by Gasteiger charge is -2.35. The van der Waals surface area contributed by atoms with Gasteiger partial charge in [-0.15, -0.1) is 0 Å². The van der Waals surface area contributed by atoms with Crippen LogP contribution in [0.15, 0.2) is 18.2 Å². The van der Waals surface area contributed by atoms with Gasteiger partial charge in [-0.25, -0.2) is 10.3 Å². The fourth-order valence-corrected chi connectivity index (χ4v) is 3.05. The molecule has 0 aliphatic heterocycles. The molecule has 0 saturated heterocycles. The third kappa shape index (κ3) is 3.47. The predicted octanol–water partition coefficient (Wildman–Crippen LogP) is 2.54. The van der Waals surface area contributed by atoms with Crippen molar-refractivity contribution in [3.05, 3.63) is 29.3 Å². The Morgan fingerprint density at radius 2 is 2.24 bits per heavy atom. The molecule has 5 heteroatoms. The Bertz CT molecular complexity index is 490. The van der Waals surface area contributed by atoms with Crippen molar-refractivity contribution in [2.75, 3.05) is 20.8 Å². The van der Waals surface area contributed by atoms with Gasteiger partial charge >= 0.3 is 6.03 Å². The molecular formula is C16H24N2O3. The van der Waals surface area contributed by atoms with Crippen LogP contribution in [0.25, 0.3) is 0 Å². The van der Waals surface area contributed by atoms with E-state index in [9.17, 15) is 4.79 Å². The van der Waals surface area contributed by atoms with Gasteiger partial charge in [0.25, 0.3) is 0 Å². The number of hydrogen-bond acceptors (Lipinski definition) is 3. The fourth-order valence-electron chi connectivity index (χ4n) is 3.05. The summed E-state index contributed by atoms with van der Waals surface area (Å²) in [5, 5.41) is 0. The van der Waals surface area contributed by atoms with E-state index in [0.29, 0.717) is 0 Å². The number of nitrogens with one attached hydrogen (secondary N) is 1. The lowest BCUT2D eigenvalue weighted by atomic mass is 9.87. The van der Waals surface area contributed by atoms with E-state index in [0.717, 1.165) is 38.0 Å². The number of ether oxygens (including phenoxy) is 1. The zero-order chi connectivity index (χ0) is 15.2. The van der Waals surface area contributed by atoms with E-state index in [-0.39, 0.29) is 12.1 Å². The first-order valence-corrected chi connectivity index (χ1v) is 7.45. The quantitative estimate of drug-likeness (QED) is 0.849. The van der Waals surface area contributed by atoms with Crippen molar-refractivity contribution in [3.8, 4) is 5.75 Å². The van der Waals surface area contributed by atoms with Crippen molar-refractivity contribution in [1.82, 2.24) is 10.4 Å². The summed E-state index contributed by atoms with van der Waals surface area (Å²) >= 11 is 0. The Morgan fingerprint density at radius 1 is 1.43 bits per heavy atom. The first kappa shape index (κ1) is 15.6. The third-order valence-electron chi connectivity index (χ3n) is 3.99. The van der Waals surface area contributed by atoms with Crippen molar-refractivity contribution in [2.45, 2.75) is 38.6 Å². The average molecular weight is 292 g/mol. The topological polar surface area (TPSA) is 50.8 Å². The van der Waals surface area contributed by atoms with Crippen LogP contribution >= 0.6 is 0 Å². The van der Waals surface area contributed by atoms with Crippen LogP contribution in [0.3, 0.4) is 0 Å². The molecule has 1 aliphatic carbocycles. The van der Waals surface area contributed by atoms with Gasteiger partial charge in [-0.05, 0) is 42.9 Å². The minimum Gasteiger partial charge on any atom is -0.496 e. The molecule has 0 spiro atoms. The molecule has 1 atom stereocenters. The molecule has 1 aromatic rings. The molecule has 116 valence electrons. The van der Waals surface area contributed by atoms with Crippen molar-refractivity contribution >= 4 is 6.03 Å². The van der Waals surface area contributed by atoms with Crippen LogP contribution in [0.5, 0.6) is 5.75 Å². The minimum absolute atomic E-state index is 0.157. The summed E-state index contributed by atoms with van der Waals surface area (Å²) in [4.78, 5) is 18.8. The highest BCUT2D eigenvalue weighted by molar-refractivity contribution is 5.73. The monoisotopic (exact) mass is 292 g/mol. The van der Waals surface area contributed by atoms with Gasteiger partial charge in [-0.3, -0.25) is 4.84 Å². The Morgan fingerprint density at radius 3 is 2.90 bits per heavy atom. The number of methoxy groups -OCH3 is 1. The maximum atomic E-state index is 12.1. The normalized spacial score (nSPS) is 17.0. The zero-order valence-corrected chi connectivity index (χ0v) is 13.0. The van der Waals surface area contributed by atoms with Gasteiger partial charge in [-0.2, -0.15) is 0 Å². The van der Waals surface area contributed by atoms with E-state index in [2.05, 4.69) is 18.5 Å². The van der Waals surface area contributed by atoms with Crippen LogP contribution in [0.4, 0.5) is 4.79 Å². The average Bonchev–Trinajstić information content (AvgIpc) is 2.51. The maximum Gasteiger partial charge on any atom is 0.341 e. The van der Waals surface area contributed by atoms with Crippen LogP contribution < -0.4 is 10.2 Å².